The summed E-state index contributed by atoms with van der Waals surface area (Å²) in [6.07, 6.45) is 0.732. The molecule has 6 nitrogen and oxygen atoms in total. The monoisotopic (exact) mass is 369 g/mol. The summed E-state index contributed by atoms with van der Waals surface area (Å²) >= 11 is 0. The summed E-state index contributed by atoms with van der Waals surface area (Å²) in [5.74, 6) is -3.12. The van der Waals surface area contributed by atoms with Crippen molar-refractivity contribution in [3.05, 3.63) is 77.4 Å². The van der Waals surface area contributed by atoms with Crippen LogP contribution in [0.25, 0.3) is 0 Å². The lowest BCUT2D eigenvalue weighted by Gasteiger charge is -2.31. The van der Waals surface area contributed by atoms with Crippen molar-refractivity contribution in [2.75, 3.05) is 7.11 Å². The Morgan fingerprint density at radius 3 is 2.00 bits per heavy atom. The Kier molecular flexibility index (Phi) is 6.73. The Morgan fingerprint density at radius 2 is 1.56 bits per heavy atom. The first-order valence-electron chi connectivity index (χ1n) is 8.47. The number of methoxy groups -OCH3 is 1. The van der Waals surface area contributed by atoms with E-state index in [0.29, 0.717) is 5.75 Å². The molecule has 27 heavy (non-hydrogen) atoms. The molecule has 0 spiro atoms. The number of hydrogen-bond donors (Lipinski definition) is 3. The molecule has 2 aromatic rings. The molecule has 0 heterocycles. The van der Waals surface area contributed by atoms with Gasteiger partial charge in [0.25, 0.3) is 0 Å². The normalized spacial score (nSPS) is 14.9. The topological polar surface area (TPSA) is 110 Å². The molecule has 2 aromatic carbocycles. The van der Waals surface area contributed by atoms with Gasteiger partial charge in [0.1, 0.15) is 5.75 Å². The maximum Gasteiger partial charge on any atom is 0.332 e. The molecule has 4 N–H and O–H groups in total. The third kappa shape index (κ3) is 4.95. The number of hydrogen-bond acceptors (Lipinski definition) is 4. The maximum atomic E-state index is 11.8. The molecule has 0 fully saturated rings. The first-order valence-corrected chi connectivity index (χ1v) is 8.47. The van der Waals surface area contributed by atoms with Crippen molar-refractivity contribution in [3.63, 3.8) is 0 Å². The van der Waals surface area contributed by atoms with Gasteiger partial charge in [-0.1, -0.05) is 42.5 Å². The molecule has 2 rings (SSSR count). The molecule has 0 amide bonds. The van der Waals surface area contributed by atoms with Gasteiger partial charge in [0.15, 0.2) is 0 Å². The van der Waals surface area contributed by atoms with E-state index in [4.69, 9.17) is 15.6 Å². The van der Waals surface area contributed by atoms with Crippen LogP contribution in [0.3, 0.4) is 0 Å². The van der Waals surface area contributed by atoms with Crippen LogP contribution < -0.4 is 10.5 Å². The summed E-state index contributed by atoms with van der Waals surface area (Å²) in [6, 6.07) is 16.0. The Morgan fingerprint density at radius 1 is 1.00 bits per heavy atom. The molecule has 0 bridgehead atoms. The van der Waals surface area contributed by atoms with Gasteiger partial charge in [0, 0.05) is 29.5 Å². The van der Waals surface area contributed by atoms with Crippen molar-refractivity contribution >= 4 is 11.9 Å². The zero-order valence-corrected chi connectivity index (χ0v) is 15.2. The predicted octanol–water partition coefficient (Wildman–Crippen LogP) is 2.89. The minimum absolute atomic E-state index is 0.234. The highest BCUT2D eigenvalue weighted by Gasteiger charge is 2.34. The fourth-order valence-corrected chi connectivity index (χ4v) is 3.28. The molecule has 3 unspecified atom stereocenters. The van der Waals surface area contributed by atoms with E-state index in [1.807, 2.05) is 42.5 Å². The SMILES string of the molecule is COc1ccc(C(c2ccccc2)C(/C(=C\C(=O)O)C(=O)O)C(C)N)cc1. The second-order valence-corrected chi connectivity index (χ2v) is 6.29. The van der Waals surface area contributed by atoms with Gasteiger partial charge in [0.2, 0.25) is 0 Å². The molecule has 0 aromatic heterocycles. The fraction of sp³-hybridized carbons (Fsp3) is 0.238. The zero-order chi connectivity index (χ0) is 20.0. The van der Waals surface area contributed by atoms with Crippen LogP contribution in [0.4, 0.5) is 0 Å². The van der Waals surface area contributed by atoms with Crippen molar-refractivity contribution in [2.24, 2.45) is 11.7 Å². The lowest BCUT2D eigenvalue weighted by molar-refractivity contribution is -0.135. The second-order valence-electron chi connectivity index (χ2n) is 6.29. The molecule has 0 saturated carbocycles. The first kappa shape index (κ1) is 20.2. The van der Waals surface area contributed by atoms with Crippen LogP contribution in [-0.2, 0) is 9.59 Å². The number of carbonyl (C=O) groups is 2. The lowest BCUT2D eigenvalue weighted by atomic mass is 9.73. The molecular formula is C21H23NO5. The van der Waals surface area contributed by atoms with Crippen molar-refractivity contribution in [1.82, 2.24) is 0 Å². The lowest BCUT2D eigenvalue weighted by Crippen LogP contribution is -2.36. The zero-order valence-electron chi connectivity index (χ0n) is 15.2. The molecule has 0 aliphatic carbocycles. The number of ether oxygens (including phenoxy) is 1. The average molecular weight is 369 g/mol. The Hall–Kier alpha value is -3.12. The smallest absolute Gasteiger partial charge is 0.332 e. The predicted molar refractivity (Wildman–Crippen MR) is 102 cm³/mol. The van der Waals surface area contributed by atoms with Crippen LogP contribution in [0.2, 0.25) is 0 Å². The third-order valence-corrected chi connectivity index (χ3v) is 4.44. The highest BCUT2D eigenvalue weighted by Crippen LogP contribution is 2.38. The van der Waals surface area contributed by atoms with Gasteiger partial charge in [-0.2, -0.15) is 0 Å². The molecule has 0 saturated heterocycles. The van der Waals surface area contributed by atoms with Crippen molar-refractivity contribution in [3.8, 4) is 5.75 Å². The fourth-order valence-electron chi connectivity index (χ4n) is 3.28. The van der Waals surface area contributed by atoms with E-state index in [1.54, 1.807) is 26.2 Å². The van der Waals surface area contributed by atoms with E-state index in [-0.39, 0.29) is 5.57 Å². The van der Waals surface area contributed by atoms with Gasteiger partial charge >= 0.3 is 11.9 Å². The number of benzene rings is 2. The van der Waals surface area contributed by atoms with E-state index in [0.717, 1.165) is 17.2 Å². The Bertz CT molecular complexity index is 812. The van der Waals surface area contributed by atoms with Crippen LogP contribution >= 0.6 is 0 Å². The summed E-state index contributed by atoms with van der Waals surface area (Å²) in [5.41, 5.74) is 7.60. The minimum atomic E-state index is -1.32. The first-order chi connectivity index (χ1) is 12.8. The summed E-state index contributed by atoms with van der Waals surface area (Å²) < 4.78 is 5.19. The van der Waals surface area contributed by atoms with Crippen molar-refractivity contribution < 1.29 is 24.5 Å². The summed E-state index contributed by atoms with van der Waals surface area (Å²) in [7, 11) is 1.56. The molecule has 0 aliphatic heterocycles. The van der Waals surface area contributed by atoms with Crippen LogP contribution in [0.5, 0.6) is 5.75 Å². The van der Waals surface area contributed by atoms with Gasteiger partial charge in [-0.25, -0.2) is 9.59 Å². The van der Waals surface area contributed by atoms with E-state index >= 15 is 0 Å². The summed E-state index contributed by atoms with van der Waals surface area (Å²) in [6.45, 7) is 1.68. The average Bonchev–Trinajstić information content (AvgIpc) is 2.64. The molecule has 3 atom stereocenters. The summed E-state index contributed by atoms with van der Waals surface area (Å²) in [5, 5.41) is 18.8. The van der Waals surface area contributed by atoms with Gasteiger partial charge in [-0.05, 0) is 30.2 Å². The highest BCUT2D eigenvalue weighted by atomic mass is 16.5. The summed E-state index contributed by atoms with van der Waals surface area (Å²) in [4.78, 5) is 23.1. The standard InChI is InChI=1S/C21H23NO5/c1-13(22)19(17(21(25)26)12-18(23)24)20(14-6-4-3-5-7-14)15-8-10-16(27-2)11-9-15/h3-13,19-20H,22H2,1-2H3,(H,23,24)(H,25,26)/b17-12+. The van der Waals surface area contributed by atoms with Gasteiger partial charge in [-0.3, -0.25) is 0 Å². The Labute approximate surface area is 157 Å². The van der Waals surface area contributed by atoms with Gasteiger partial charge in [0.05, 0.1) is 7.11 Å². The van der Waals surface area contributed by atoms with Crippen LogP contribution in [0, 0.1) is 5.92 Å². The largest absolute Gasteiger partial charge is 0.497 e. The van der Waals surface area contributed by atoms with Gasteiger partial charge in [-0.15, -0.1) is 0 Å². The molecular weight excluding hydrogens is 346 g/mol. The number of nitrogens with two attached hydrogens (primary N) is 1. The maximum absolute atomic E-state index is 11.8. The van der Waals surface area contributed by atoms with Gasteiger partial charge < -0.3 is 20.7 Å². The molecule has 6 heteroatoms. The van der Waals surface area contributed by atoms with Crippen LogP contribution in [-0.4, -0.2) is 35.3 Å². The quantitative estimate of drug-likeness (QED) is 0.617. The number of aliphatic carboxylic acids is 2. The van der Waals surface area contributed by atoms with Crippen molar-refractivity contribution in [2.45, 2.75) is 18.9 Å². The second kappa shape index (κ2) is 9.00. The van der Waals surface area contributed by atoms with E-state index in [1.165, 1.54) is 0 Å². The molecule has 142 valence electrons. The number of rotatable bonds is 8. The van der Waals surface area contributed by atoms with E-state index < -0.39 is 29.8 Å². The van der Waals surface area contributed by atoms with E-state index in [2.05, 4.69) is 0 Å². The molecule has 0 aliphatic rings. The highest BCUT2D eigenvalue weighted by molar-refractivity contribution is 5.95. The van der Waals surface area contributed by atoms with E-state index in [9.17, 15) is 14.7 Å². The minimum Gasteiger partial charge on any atom is -0.497 e. The number of carboxylic acid groups (broad SMARTS) is 2. The third-order valence-electron chi connectivity index (χ3n) is 4.44. The Balaban J connectivity index is 2.67. The van der Waals surface area contributed by atoms with Crippen LogP contribution in [0.1, 0.15) is 24.0 Å². The van der Waals surface area contributed by atoms with Crippen LogP contribution in [0.15, 0.2) is 66.2 Å². The van der Waals surface area contributed by atoms with Crippen molar-refractivity contribution in [1.29, 1.82) is 0 Å². The number of carboxylic acids is 2. The molecule has 0 radical (unpaired) electrons.